The van der Waals surface area contributed by atoms with Gasteiger partial charge in [0.25, 0.3) is 11.8 Å². The number of benzene rings is 2. The van der Waals surface area contributed by atoms with Crippen LogP contribution in [-0.4, -0.2) is 77.7 Å². The first kappa shape index (κ1) is 35.0. The number of rotatable bonds is 13. The molecule has 1 saturated heterocycles. The lowest BCUT2D eigenvalue weighted by Crippen LogP contribution is -2.49. The third-order valence-electron chi connectivity index (χ3n) is 8.93. The number of amides is 2. The van der Waals surface area contributed by atoms with Gasteiger partial charge in [0.1, 0.15) is 5.01 Å². The summed E-state index contributed by atoms with van der Waals surface area (Å²) in [6, 6.07) is 16.8. The maximum Gasteiger partial charge on any atom is 0.254 e. The van der Waals surface area contributed by atoms with Crippen molar-refractivity contribution in [3.05, 3.63) is 105 Å². The Morgan fingerprint density at radius 1 is 1.00 bits per heavy atom. The molecule has 0 aliphatic carbocycles. The van der Waals surface area contributed by atoms with Gasteiger partial charge in [-0.15, -0.1) is 11.3 Å². The van der Waals surface area contributed by atoms with Gasteiger partial charge in [0.15, 0.2) is 0 Å². The van der Waals surface area contributed by atoms with Gasteiger partial charge >= 0.3 is 0 Å². The van der Waals surface area contributed by atoms with E-state index in [-0.39, 0.29) is 11.8 Å². The minimum atomic E-state index is -0.888. The lowest BCUT2D eigenvalue weighted by molar-refractivity contribution is 0.0785. The zero-order chi connectivity index (χ0) is 34.2. The Morgan fingerprint density at radius 2 is 1.73 bits per heavy atom. The SMILES string of the molecule is Cc1csc(CN(C)C(=O)c2cc(C(=O)N[C@@H](Cc3ccccc3)[C@H](O)CN(C)c3cncc(C(C)C)c3)cc(N3CCCCC3)c2)n1. The van der Waals surface area contributed by atoms with Gasteiger partial charge in [-0.1, -0.05) is 44.2 Å². The van der Waals surface area contributed by atoms with E-state index < -0.39 is 12.1 Å². The van der Waals surface area contributed by atoms with E-state index in [1.54, 1.807) is 24.2 Å². The van der Waals surface area contributed by atoms with Crippen LogP contribution in [0, 0.1) is 6.92 Å². The molecule has 0 spiro atoms. The highest BCUT2D eigenvalue weighted by Gasteiger charge is 2.26. The first-order valence-corrected chi connectivity index (χ1v) is 17.7. The zero-order valence-electron chi connectivity index (χ0n) is 28.7. The Hall–Kier alpha value is -4.28. The van der Waals surface area contributed by atoms with Crippen LogP contribution in [0.3, 0.4) is 0 Å². The molecule has 9 nitrogen and oxygen atoms in total. The molecular weight excluding hydrogens is 621 g/mol. The summed E-state index contributed by atoms with van der Waals surface area (Å²) < 4.78 is 0. The van der Waals surface area contributed by atoms with Gasteiger partial charge in [-0.05, 0) is 73.9 Å². The van der Waals surface area contributed by atoms with Gasteiger partial charge < -0.3 is 25.1 Å². The van der Waals surface area contributed by atoms with Gasteiger partial charge in [0.2, 0.25) is 0 Å². The summed E-state index contributed by atoms with van der Waals surface area (Å²) in [5.74, 6) is -0.169. The van der Waals surface area contributed by atoms with Crippen molar-refractivity contribution >= 4 is 34.5 Å². The Labute approximate surface area is 288 Å². The fourth-order valence-corrected chi connectivity index (χ4v) is 6.88. The smallest absolute Gasteiger partial charge is 0.254 e. The fraction of sp³-hybridized carbons (Fsp3) is 0.421. The summed E-state index contributed by atoms with van der Waals surface area (Å²) in [4.78, 5) is 42.7. The van der Waals surface area contributed by atoms with E-state index >= 15 is 0 Å². The van der Waals surface area contributed by atoms with Crippen LogP contribution in [0.2, 0.25) is 0 Å². The number of anilines is 2. The molecule has 0 radical (unpaired) electrons. The number of carbonyl (C=O) groups excluding carboxylic acids is 2. The van der Waals surface area contributed by atoms with E-state index in [0.717, 1.165) is 59.1 Å². The number of likely N-dealkylation sites (N-methyl/N-ethyl adjacent to an activating group) is 1. The van der Waals surface area contributed by atoms with Crippen molar-refractivity contribution in [3.63, 3.8) is 0 Å². The molecule has 10 heteroatoms. The number of hydrogen-bond acceptors (Lipinski definition) is 8. The van der Waals surface area contributed by atoms with Crippen LogP contribution < -0.4 is 15.1 Å². The number of piperidine rings is 1. The summed E-state index contributed by atoms with van der Waals surface area (Å²) in [5.41, 5.74) is 5.67. The first-order chi connectivity index (χ1) is 23.1. The number of aliphatic hydroxyl groups excluding tert-OH is 1. The lowest BCUT2D eigenvalue weighted by Gasteiger charge is -2.31. The Balaban J connectivity index is 1.40. The van der Waals surface area contributed by atoms with Gasteiger partial charge in [0.05, 0.1) is 30.6 Å². The van der Waals surface area contributed by atoms with E-state index in [0.29, 0.717) is 36.6 Å². The molecule has 2 N–H and O–H groups in total. The van der Waals surface area contributed by atoms with E-state index in [2.05, 4.69) is 40.1 Å². The highest BCUT2D eigenvalue weighted by atomic mass is 32.1. The number of aryl methyl sites for hydroxylation is 1. The second-order valence-corrected chi connectivity index (χ2v) is 14.2. The normalized spacial score (nSPS) is 14.4. The van der Waals surface area contributed by atoms with Crippen molar-refractivity contribution in [2.75, 3.05) is 43.5 Å². The molecule has 1 fully saturated rings. The van der Waals surface area contributed by atoms with Crippen molar-refractivity contribution in [1.29, 1.82) is 0 Å². The van der Waals surface area contributed by atoms with Crippen LogP contribution in [0.5, 0.6) is 0 Å². The number of thiazole rings is 1. The first-order valence-electron chi connectivity index (χ1n) is 16.8. The highest BCUT2D eigenvalue weighted by Crippen LogP contribution is 2.25. The minimum Gasteiger partial charge on any atom is -0.389 e. The third-order valence-corrected chi connectivity index (χ3v) is 9.88. The monoisotopic (exact) mass is 668 g/mol. The molecule has 3 heterocycles. The van der Waals surface area contributed by atoms with E-state index in [1.807, 2.05) is 72.9 Å². The molecule has 254 valence electrons. The molecule has 5 rings (SSSR count). The average molecular weight is 669 g/mol. The second kappa shape index (κ2) is 16.2. The second-order valence-electron chi connectivity index (χ2n) is 13.2. The lowest BCUT2D eigenvalue weighted by atomic mass is 9.99. The Bertz CT molecular complexity index is 1670. The number of aliphatic hydroxyl groups is 1. The molecule has 0 bridgehead atoms. The van der Waals surface area contributed by atoms with Gasteiger partial charge in [-0.2, -0.15) is 0 Å². The molecule has 0 unspecified atom stereocenters. The molecule has 0 saturated carbocycles. The van der Waals surface area contributed by atoms with Crippen molar-refractivity contribution < 1.29 is 14.7 Å². The molecule has 2 atom stereocenters. The summed E-state index contributed by atoms with van der Waals surface area (Å²) >= 11 is 1.53. The quantitative estimate of drug-likeness (QED) is 0.178. The largest absolute Gasteiger partial charge is 0.389 e. The van der Waals surface area contributed by atoms with Crippen LogP contribution >= 0.6 is 11.3 Å². The molecule has 1 aliphatic heterocycles. The van der Waals surface area contributed by atoms with Crippen LogP contribution in [0.1, 0.15) is 81.6 Å². The van der Waals surface area contributed by atoms with Gasteiger partial charge in [0, 0.05) is 67.8 Å². The summed E-state index contributed by atoms with van der Waals surface area (Å²) in [5, 5.41) is 17.6. The number of nitrogens with zero attached hydrogens (tertiary/aromatic N) is 5. The topological polar surface area (TPSA) is 102 Å². The van der Waals surface area contributed by atoms with Gasteiger partial charge in [-0.25, -0.2) is 4.98 Å². The van der Waals surface area contributed by atoms with Crippen LogP contribution in [0.25, 0.3) is 0 Å². The fourth-order valence-electron chi connectivity index (χ4n) is 6.06. The van der Waals surface area contributed by atoms with Crippen LogP contribution in [0.4, 0.5) is 11.4 Å². The number of hydrogen-bond donors (Lipinski definition) is 2. The third kappa shape index (κ3) is 9.20. The minimum absolute atomic E-state index is 0.171. The molecule has 48 heavy (non-hydrogen) atoms. The average Bonchev–Trinajstić information content (AvgIpc) is 3.52. The Morgan fingerprint density at radius 3 is 2.42 bits per heavy atom. The number of nitrogens with one attached hydrogen (secondary N) is 1. The number of carbonyl (C=O) groups is 2. The van der Waals surface area contributed by atoms with Gasteiger partial charge in [-0.3, -0.25) is 14.6 Å². The molecule has 1 aliphatic rings. The van der Waals surface area contributed by atoms with Crippen LogP contribution in [-0.2, 0) is 13.0 Å². The zero-order valence-corrected chi connectivity index (χ0v) is 29.5. The highest BCUT2D eigenvalue weighted by molar-refractivity contribution is 7.09. The van der Waals surface area contributed by atoms with Crippen molar-refractivity contribution in [2.45, 2.75) is 71.1 Å². The van der Waals surface area contributed by atoms with E-state index in [9.17, 15) is 14.7 Å². The molecular formula is C38H48N6O3S. The summed E-state index contributed by atoms with van der Waals surface area (Å²) in [6.07, 6.45) is 6.52. The predicted molar refractivity (Wildman–Crippen MR) is 194 cm³/mol. The molecule has 2 aromatic carbocycles. The van der Waals surface area contributed by atoms with E-state index in [1.165, 1.54) is 17.8 Å². The van der Waals surface area contributed by atoms with Crippen molar-refractivity contribution in [2.24, 2.45) is 0 Å². The molecule has 2 amide bonds. The summed E-state index contributed by atoms with van der Waals surface area (Å²) in [7, 11) is 3.69. The maximum absolute atomic E-state index is 14.1. The maximum atomic E-state index is 14.1. The Kier molecular flexibility index (Phi) is 11.8. The predicted octanol–water partition coefficient (Wildman–Crippen LogP) is 6.07. The standard InChI is InChI=1S/C38H48N6O3S/c1-26(2)31-20-33(22-39-21-31)42(4)23-35(45)34(16-28-12-8-6-9-13-28)41-37(46)29-17-30(19-32(18-29)44-14-10-7-11-15-44)38(47)43(5)24-36-40-27(3)25-48-36/h6,8-9,12-13,17-22,25-26,34-35,45H,7,10-11,14-16,23-24H2,1-5H3,(H,41,46)/t34-,35+/m0/s1. The number of pyridine rings is 1. The molecule has 2 aromatic heterocycles. The van der Waals surface area contributed by atoms with Crippen LogP contribution in [0.15, 0.2) is 72.4 Å². The van der Waals surface area contributed by atoms with Crippen molar-refractivity contribution in [1.82, 2.24) is 20.2 Å². The van der Waals surface area contributed by atoms with E-state index in [4.69, 9.17) is 0 Å². The number of aromatic nitrogens is 2. The summed E-state index contributed by atoms with van der Waals surface area (Å²) in [6.45, 7) is 8.63. The van der Waals surface area contributed by atoms with Crippen molar-refractivity contribution in [3.8, 4) is 0 Å². The molecule has 4 aromatic rings.